The highest BCUT2D eigenvalue weighted by atomic mass is 16.4. The SMILES string of the molecule is C=CCC(CC=O)(C(=O)O)N(C)CC=O. The van der Waals surface area contributed by atoms with Crippen LogP contribution in [0.3, 0.4) is 0 Å². The zero-order valence-electron chi connectivity index (χ0n) is 8.68. The number of rotatable bonds is 8. The Bertz CT molecular complexity index is 252. The Balaban J connectivity index is 5.07. The summed E-state index contributed by atoms with van der Waals surface area (Å²) in [6.07, 6.45) is 2.52. The molecule has 0 saturated heterocycles. The molecular weight excluding hydrogens is 198 g/mol. The fourth-order valence-electron chi connectivity index (χ4n) is 1.40. The van der Waals surface area contributed by atoms with Crippen LogP contribution in [0.15, 0.2) is 12.7 Å². The van der Waals surface area contributed by atoms with Crippen LogP contribution in [0.2, 0.25) is 0 Å². The van der Waals surface area contributed by atoms with Crippen molar-refractivity contribution in [2.75, 3.05) is 13.6 Å². The summed E-state index contributed by atoms with van der Waals surface area (Å²) in [6, 6.07) is 0. The summed E-state index contributed by atoms with van der Waals surface area (Å²) in [6.45, 7) is 3.42. The number of nitrogens with zero attached hydrogens (tertiary/aromatic N) is 1. The zero-order chi connectivity index (χ0) is 11.9. The third-order valence-corrected chi connectivity index (χ3v) is 2.38. The summed E-state index contributed by atoms with van der Waals surface area (Å²) >= 11 is 0. The number of aldehydes is 2. The molecule has 0 aliphatic carbocycles. The van der Waals surface area contributed by atoms with E-state index < -0.39 is 11.5 Å². The molecular formula is C10H15NO4. The van der Waals surface area contributed by atoms with Crippen molar-refractivity contribution in [3.63, 3.8) is 0 Å². The maximum atomic E-state index is 11.2. The fraction of sp³-hybridized carbons (Fsp3) is 0.500. The maximum Gasteiger partial charge on any atom is 0.324 e. The Labute approximate surface area is 88.4 Å². The van der Waals surface area contributed by atoms with Gasteiger partial charge < -0.3 is 14.7 Å². The van der Waals surface area contributed by atoms with Crippen molar-refractivity contribution in [2.45, 2.75) is 18.4 Å². The first-order chi connectivity index (χ1) is 7.05. The lowest BCUT2D eigenvalue weighted by Gasteiger charge is -2.35. The quantitative estimate of drug-likeness (QED) is 0.457. The van der Waals surface area contributed by atoms with Gasteiger partial charge in [0.05, 0.1) is 6.54 Å². The van der Waals surface area contributed by atoms with Crippen LogP contribution in [0.1, 0.15) is 12.8 Å². The van der Waals surface area contributed by atoms with Crippen molar-refractivity contribution >= 4 is 18.5 Å². The Kier molecular flexibility index (Phi) is 5.48. The van der Waals surface area contributed by atoms with E-state index in [1.165, 1.54) is 18.0 Å². The molecule has 0 radical (unpaired) electrons. The Morgan fingerprint density at radius 2 is 2.00 bits per heavy atom. The van der Waals surface area contributed by atoms with Crippen LogP contribution in [0, 0.1) is 0 Å². The first-order valence-electron chi connectivity index (χ1n) is 4.48. The molecule has 5 heteroatoms. The van der Waals surface area contributed by atoms with E-state index in [-0.39, 0.29) is 19.4 Å². The van der Waals surface area contributed by atoms with Crippen molar-refractivity contribution in [1.29, 1.82) is 0 Å². The molecule has 0 spiro atoms. The third-order valence-electron chi connectivity index (χ3n) is 2.38. The number of carboxylic acids is 1. The largest absolute Gasteiger partial charge is 0.480 e. The molecule has 0 aromatic carbocycles. The lowest BCUT2D eigenvalue weighted by Crippen LogP contribution is -2.53. The summed E-state index contributed by atoms with van der Waals surface area (Å²) in [4.78, 5) is 33.3. The van der Waals surface area contributed by atoms with Crippen molar-refractivity contribution < 1.29 is 19.5 Å². The standard InChI is InChI=1S/C10H15NO4/c1-3-4-10(5-7-12,9(14)15)11(2)6-8-13/h3,7-8H,1,4-6H2,2H3,(H,14,15). The highest BCUT2D eigenvalue weighted by molar-refractivity contribution is 5.82. The minimum absolute atomic E-state index is 0.0338. The minimum atomic E-state index is -1.36. The first kappa shape index (κ1) is 13.5. The van der Waals surface area contributed by atoms with Gasteiger partial charge in [0.2, 0.25) is 0 Å². The van der Waals surface area contributed by atoms with Gasteiger partial charge in [-0.2, -0.15) is 0 Å². The lowest BCUT2D eigenvalue weighted by atomic mass is 9.90. The van der Waals surface area contributed by atoms with Crippen LogP contribution in [0.4, 0.5) is 0 Å². The van der Waals surface area contributed by atoms with E-state index in [9.17, 15) is 14.4 Å². The second-order valence-electron chi connectivity index (χ2n) is 3.25. The molecule has 1 unspecified atom stereocenters. The van der Waals surface area contributed by atoms with Crippen LogP contribution in [-0.2, 0) is 14.4 Å². The average molecular weight is 213 g/mol. The van der Waals surface area contributed by atoms with E-state index >= 15 is 0 Å². The number of carbonyl (C=O) groups excluding carboxylic acids is 2. The van der Waals surface area contributed by atoms with E-state index in [1.807, 2.05) is 0 Å². The van der Waals surface area contributed by atoms with Gasteiger partial charge in [-0.1, -0.05) is 6.08 Å². The second kappa shape index (κ2) is 6.08. The van der Waals surface area contributed by atoms with Crippen molar-refractivity contribution in [1.82, 2.24) is 4.90 Å². The summed E-state index contributed by atoms with van der Waals surface area (Å²) in [5, 5.41) is 9.12. The van der Waals surface area contributed by atoms with E-state index in [0.717, 1.165) is 0 Å². The minimum Gasteiger partial charge on any atom is -0.480 e. The molecule has 0 saturated carbocycles. The van der Waals surface area contributed by atoms with Crippen LogP contribution in [0.25, 0.3) is 0 Å². The summed E-state index contributed by atoms with van der Waals surface area (Å²) < 4.78 is 0. The molecule has 5 nitrogen and oxygen atoms in total. The summed E-state index contributed by atoms with van der Waals surface area (Å²) in [5.74, 6) is -1.13. The summed E-state index contributed by atoms with van der Waals surface area (Å²) in [7, 11) is 1.50. The molecule has 0 aromatic heterocycles. The molecule has 0 aliphatic heterocycles. The number of hydrogen-bond acceptors (Lipinski definition) is 4. The van der Waals surface area contributed by atoms with Gasteiger partial charge >= 0.3 is 5.97 Å². The number of aliphatic carboxylic acids is 1. The lowest BCUT2D eigenvalue weighted by molar-refractivity contribution is -0.152. The van der Waals surface area contributed by atoms with E-state index in [1.54, 1.807) is 0 Å². The van der Waals surface area contributed by atoms with Crippen LogP contribution in [0.5, 0.6) is 0 Å². The number of carboxylic acid groups (broad SMARTS) is 1. The van der Waals surface area contributed by atoms with Crippen LogP contribution >= 0.6 is 0 Å². The maximum absolute atomic E-state index is 11.2. The molecule has 0 aliphatic rings. The van der Waals surface area contributed by atoms with Crippen molar-refractivity contribution in [2.24, 2.45) is 0 Å². The molecule has 84 valence electrons. The molecule has 0 fully saturated rings. The molecule has 0 amide bonds. The molecule has 0 rings (SSSR count). The van der Waals surface area contributed by atoms with Crippen LogP contribution < -0.4 is 0 Å². The zero-order valence-corrected chi connectivity index (χ0v) is 8.68. The van der Waals surface area contributed by atoms with E-state index in [4.69, 9.17) is 5.11 Å². The molecule has 1 atom stereocenters. The number of hydrogen-bond donors (Lipinski definition) is 1. The highest BCUT2D eigenvalue weighted by Gasteiger charge is 2.40. The smallest absolute Gasteiger partial charge is 0.324 e. The van der Waals surface area contributed by atoms with Gasteiger partial charge in [0.15, 0.2) is 0 Å². The molecule has 0 aromatic rings. The highest BCUT2D eigenvalue weighted by Crippen LogP contribution is 2.22. The van der Waals surface area contributed by atoms with Gasteiger partial charge in [0, 0.05) is 6.42 Å². The predicted octanol–water partition coefficient (Wildman–Crippen LogP) is 0.106. The van der Waals surface area contributed by atoms with Crippen molar-refractivity contribution in [3.05, 3.63) is 12.7 Å². The number of carbonyl (C=O) groups is 3. The monoisotopic (exact) mass is 213 g/mol. The summed E-state index contributed by atoms with van der Waals surface area (Å²) in [5.41, 5.74) is -1.36. The first-order valence-corrected chi connectivity index (χ1v) is 4.48. The van der Waals surface area contributed by atoms with Crippen LogP contribution in [-0.4, -0.2) is 47.7 Å². The molecule has 15 heavy (non-hydrogen) atoms. The Hall–Kier alpha value is -1.49. The van der Waals surface area contributed by atoms with Gasteiger partial charge in [0.1, 0.15) is 18.1 Å². The van der Waals surface area contributed by atoms with E-state index in [0.29, 0.717) is 12.6 Å². The number of likely N-dealkylation sites (N-methyl/N-ethyl adjacent to an activating group) is 1. The van der Waals surface area contributed by atoms with Gasteiger partial charge in [-0.25, -0.2) is 0 Å². The van der Waals surface area contributed by atoms with Gasteiger partial charge in [-0.3, -0.25) is 9.69 Å². The topological polar surface area (TPSA) is 74.7 Å². The van der Waals surface area contributed by atoms with Gasteiger partial charge in [-0.05, 0) is 13.5 Å². The second-order valence-corrected chi connectivity index (χ2v) is 3.25. The Morgan fingerprint density at radius 3 is 2.33 bits per heavy atom. The van der Waals surface area contributed by atoms with Gasteiger partial charge in [0.25, 0.3) is 0 Å². The molecule has 0 bridgehead atoms. The predicted molar refractivity (Wildman–Crippen MR) is 54.6 cm³/mol. The van der Waals surface area contributed by atoms with Gasteiger partial charge in [-0.15, -0.1) is 6.58 Å². The van der Waals surface area contributed by atoms with E-state index in [2.05, 4.69) is 6.58 Å². The van der Waals surface area contributed by atoms with Crippen molar-refractivity contribution in [3.8, 4) is 0 Å². The average Bonchev–Trinajstić information content (AvgIpc) is 2.17. The molecule has 1 N–H and O–H groups in total. The molecule has 0 heterocycles. The normalized spacial score (nSPS) is 14.3. The third kappa shape index (κ3) is 2.99. The fourth-order valence-corrected chi connectivity index (χ4v) is 1.40. The Morgan fingerprint density at radius 1 is 1.40 bits per heavy atom.